The summed E-state index contributed by atoms with van der Waals surface area (Å²) < 4.78 is 40.4. The molecule has 1 aliphatic rings. The van der Waals surface area contributed by atoms with Gasteiger partial charge < -0.3 is 9.80 Å². The van der Waals surface area contributed by atoms with Gasteiger partial charge in [0.2, 0.25) is 5.91 Å². The summed E-state index contributed by atoms with van der Waals surface area (Å²) in [5.74, 6) is -0.654. The van der Waals surface area contributed by atoms with Crippen molar-refractivity contribution < 1.29 is 22.8 Å². The van der Waals surface area contributed by atoms with E-state index in [-0.39, 0.29) is 19.0 Å². The van der Waals surface area contributed by atoms with E-state index in [2.05, 4.69) is 5.10 Å². The third kappa shape index (κ3) is 5.21. The average molecular weight is 389 g/mol. The number of nitrogens with zero attached hydrogens (tertiary/aromatic N) is 5. The smallest absolute Gasteiger partial charge is 0.342 e. The molecular weight excluding hydrogens is 363 g/mol. The Labute approximate surface area is 156 Å². The van der Waals surface area contributed by atoms with Crippen LogP contribution in [0.15, 0.2) is 6.20 Å². The van der Waals surface area contributed by atoms with Crippen LogP contribution in [0.1, 0.15) is 36.3 Å². The van der Waals surface area contributed by atoms with Crippen molar-refractivity contribution in [3.63, 3.8) is 0 Å². The molecule has 1 saturated heterocycles. The number of carbonyl (C=O) groups excluding carboxylic acids is 2. The van der Waals surface area contributed by atoms with Crippen molar-refractivity contribution in [3.8, 4) is 0 Å². The standard InChI is InChI=1S/C17H26F3N5O2/c1-4-24(5-2)14(26)12-23-7-6-8-25(10-9-23)16(27)13-11-22(3)21-15(13)17(18,19)20/h11H,4-10,12H2,1-3H3. The van der Waals surface area contributed by atoms with E-state index < -0.39 is 23.3 Å². The molecule has 0 atom stereocenters. The van der Waals surface area contributed by atoms with Gasteiger partial charge in [-0.2, -0.15) is 18.3 Å². The molecule has 0 bridgehead atoms. The molecule has 10 heteroatoms. The van der Waals surface area contributed by atoms with Gasteiger partial charge in [0, 0.05) is 52.5 Å². The fourth-order valence-electron chi connectivity index (χ4n) is 3.22. The molecule has 2 heterocycles. The van der Waals surface area contributed by atoms with E-state index in [4.69, 9.17) is 0 Å². The number of hydrogen-bond donors (Lipinski definition) is 0. The Hall–Kier alpha value is -2.10. The zero-order chi connectivity index (χ0) is 20.2. The summed E-state index contributed by atoms with van der Waals surface area (Å²) in [6, 6.07) is 0. The van der Waals surface area contributed by atoms with Gasteiger partial charge in [-0.1, -0.05) is 0 Å². The third-order valence-electron chi connectivity index (χ3n) is 4.68. The number of aromatic nitrogens is 2. The number of halogens is 3. The Bertz CT molecular complexity index is 670. The summed E-state index contributed by atoms with van der Waals surface area (Å²) in [5, 5.41) is 3.40. The number of aryl methyl sites for hydroxylation is 1. The molecule has 0 aromatic carbocycles. The second kappa shape index (κ2) is 8.73. The number of likely N-dealkylation sites (N-methyl/N-ethyl adjacent to an activating group) is 1. The van der Waals surface area contributed by atoms with Gasteiger partial charge in [0.05, 0.1) is 12.1 Å². The van der Waals surface area contributed by atoms with Crippen LogP contribution in [0.3, 0.4) is 0 Å². The Balaban J connectivity index is 2.04. The van der Waals surface area contributed by atoms with Crippen LogP contribution in [-0.2, 0) is 18.0 Å². The lowest BCUT2D eigenvalue weighted by atomic mass is 10.2. The highest BCUT2D eigenvalue weighted by atomic mass is 19.4. The first kappa shape index (κ1) is 21.2. The molecule has 7 nitrogen and oxygen atoms in total. The van der Waals surface area contributed by atoms with E-state index in [0.29, 0.717) is 39.1 Å². The number of hydrogen-bond acceptors (Lipinski definition) is 4. The predicted molar refractivity (Wildman–Crippen MR) is 93.1 cm³/mol. The van der Waals surface area contributed by atoms with E-state index in [1.54, 1.807) is 4.90 Å². The number of rotatable bonds is 5. The van der Waals surface area contributed by atoms with Crippen LogP contribution in [0.4, 0.5) is 13.2 Å². The molecule has 27 heavy (non-hydrogen) atoms. The lowest BCUT2D eigenvalue weighted by Crippen LogP contribution is -2.42. The molecule has 0 unspecified atom stereocenters. The zero-order valence-electron chi connectivity index (χ0n) is 15.9. The van der Waals surface area contributed by atoms with Gasteiger partial charge in [-0.25, -0.2) is 0 Å². The maximum atomic E-state index is 13.1. The first-order chi connectivity index (χ1) is 12.7. The molecule has 1 aliphatic heterocycles. The van der Waals surface area contributed by atoms with Gasteiger partial charge in [-0.3, -0.25) is 19.2 Å². The third-order valence-corrected chi connectivity index (χ3v) is 4.68. The number of carbonyl (C=O) groups is 2. The van der Waals surface area contributed by atoms with Crippen molar-refractivity contribution in [2.45, 2.75) is 26.4 Å². The average Bonchev–Trinajstić information content (AvgIpc) is 2.85. The maximum Gasteiger partial charge on any atom is 0.435 e. The number of amides is 2. The van der Waals surface area contributed by atoms with E-state index >= 15 is 0 Å². The van der Waals surface area contributed by atoms with Crippen molar-refractivity contribution in [2.24, 2.45) is 7.05 Å². The van der Waals surface area contributed by atoms with Crippen LogP contribution in [0.5, 0.6) is 0 Å². The van der Waals surface area contributed by atoms with Gasteiger partial charge in [-0.15, -0.1) is 0 Å². The number of alkyl halides is 3. The van der Waals surface area contributed by atoms with Crippen molar-refractivity contribution in [1.82, 2.24) is 24.5 Å². The minimum Gasteiger partial charge on any atom is -0.342 e. The normalized spacial score (nSPS) is 16.3. The van der Waals surface area contributed by atoms with Crippen molar-refractivity contribution in [1.29, 1.82) is 0 Å². The molecule has 0 radical (unpaired) electrons. The van der Waals surface area contributed by atoms with Crippen molar-refractivity contribution >= 4 is 11.8 Å². The summed E-state index contributed by atoms with van der Waals surface area (Å²) in [7, 11) is 1.36. The summed E-state index contributed by atoms with van der Waals surface area (Å²) in [5.41, 5.74) is -1.59. The van der Waals surface area contributed by atoms with E-state index in [9.17, 15) is 22.8 Å². The molecule has 0 spiro atoms. The van der Waals surface area contributed by atoms with Gasteiger partial charge >= 0.3 is 6.18 Å². The van der Waals surface area contributed by atoms with Crippen molar-refractivity contribution in [3.05, 3.63) is 17.5 Å². The van der Waals surface area contributed by atoms with Crippen LogP contribution in [0, 0.1) is 0 Å². The van der Waals surface area contributed by atoms with Gasteiger partial charge in [0.15, 0.2) is 5.69 Å². The second-order valence-electron chi connectivity index (χ2n) is 6.55. The highest BCUT2D eigenvalue weighted by Gasteiger charge is 2.40. The van der Waals surface area contributed by atoms with E-state index in [0.717, 1.165) is 10.9 Å². The monoisotopic (exact) mass is 389 g/mol. The van der Waals surface area contributed by atoms with Gasteiger partial charge in [0.25, 0.3) is 5.91 Å². The highest BCUT2D eigenvalue weighted by molar-refractivity contribution is 5.95. The molecular formula is C17H26F3N5O2. The molecule has 0 N–H and O–H groups in total. The first-order valence-electron chi connectivity index (χ1n) is 9.07. The molecule has 0 aliphatic carbocycles. The van der Waals surface area contributed by atoms with E-state index in [1.807, 2.05) is 18.7 Å². The maximum absolute atomic E-state index is 13.1. The topological polar surface area (TPSA) is 61.7 Å². The lowest BCUT2D eigenvalue weighted by molar-refractivity contribution is -0.141. The van der Waals surface area contributed by atoms with Crippen LogP contribution in [0.2, 0.25) is 0 Å². The largest absolute Gasteiger partial charge is 0.435 e. The Morgan fingerprint density at radius 2 is 1.81 bits per heavy atom. The molecule has 2 rings (SSSR count). The molecule has 0 saturated carbocycles. The zero-order valence-corrected chi connectivity index (χ0v) is 15.9. The SMILES string of the molecule is CCN(CC)C(=O)CN1CCCN(C(=O)c2cn(C)nc2C(F)(F)F)CC1. The van der Waals surface area contributed by atoms with Crippen LogP contribution in [-0.4, -0.2) is 82.1 Å². The minimum absolute atomic E-state index is 0.0198. The summed E-state index contributed by atoms with van der Waals surface area (Å²) in [4.78, 5) is 30.0. The van der Waals surface area contributed by atoms with E-state index in [1.165, 1.54) is 11.9 Å². The molecule has 152 valence electrons. The second-order valence-corrected chi connectivity index (χ2v) is 6.55. The first-order valence-corrected chi connectivity index (χ1v) is 9.07. The molecule has 1 aromatic rings. The molecule has 1 fully saturated rings. The fraction of sp³-hybridized carbons (Fsp3) is 0.706. The Morgan fingerprint density at radius 3 is 2.41 bits per heavy atom. The van der Waals surface area contributed by atoms with Crippen molar-refractivity contribution in [2.75, 3.05) is 45.8 Å². The Morgan fingerprint density at radius 1 is 1.15 bits per heavy atom. The summed E-state index contributed by atoms with van der Waals surface area (Å²) in [6.45, 7) is 7.04. The molecule has 2 amide bonds. The summed E-state index contributed by atoms with van der Waals surface area (Å²) >= 11 is 0. The van der Waals surface area contributed by atoms with Crippen LogP contribution >= 0.6 is 0 Å². The van der Waals surface area contributed by atoms with Gasteiger partial charge in [-0.05, 0) is 20.3 Å². The minimum atomic E-state index is -4.68. The lowest BCUT2D eigenvalue weighted by Gasteiger charge is -2.25. The predicted octanol–water partition coefficient (Wildman–Crippen LogP) is 1.46. The molecule has 1 aromatic heterocycles. The quantitative estimate of drug-likeness (QED) is 0.765. The van der Waals surface area contributed by atoms with Gasteiger partial charge in [0.1, 0.15) is 0 Å². The van der Waals surface area contributed by atoms with Crippen LogP contribution in [0.25, 0.3) is 0 Å². The van der Waals surface area contributed by atoms with Crippen LogP contribution < -0.4 is 0 Å². The fourth-order valence-corrected chi connectivity index (χ4v) is 3.22. The Kier molecular flexibility index (Phi) is 6.85. The summed E-state index contributed by atoms with van der Waals surface area (Å²) in [6.07, 6.45) is -2.98. The highest BCUT2D eigenvalue weighted by Crippen LogP contribution is 2.31.